The molecule has 3 heteroatoms. The number of aliphatic hydroxyl groups excluding tert-OH is 1. The van der Waals surface area contributed by atoms with Crippen LogP contribution in [0.1, 0.15) is 34.1 Å². The lowest BCUT2D eigenvalue weighted by Gasteiger charge is -2.38. The number of nitrogens with zero attached hydrogens (tertiary/aromatic N) is 1. The van der Waals surface area contributed by atoms with Gasteiger partial charge in [-0.2, -0.15) is 0 Å². The van der Waals surface area contributed by atoms with Crippen molar-refractivity contribution < 1.29 is 9.84 Å². The van der Waals surface area contributed by atoms with Gasteiger partial charge < -0.3 is 9.84 Å². The molecule has 1 saturated heterocycles. The van der Waals surface area contributed by atoms with Gasteiger partial charge in [0.1, 0.15) is 0 Å². The second-order valence-corrected chi connectivity index (χ2v) is 4.90. The normalized spacial score (nSPS) is 32.6. The Hall–Kier alpha value is -0.120. The highest BCUT2D eigenvalue weighted by atomic mass is 16.5. The van der Waals surface area contributed by atoms with Crippen molar-refractivity contribution in [2.45, 2.75) is 52.4 Å². The van der Waals surface area contributed by atoms with Crippen LogP contribution in [0.4, 0.5) is 0 Å². The number of morpholine rings is 1. The molecule has 0 amide bonds. The van der Waals surface area contributed by atoms with Gasteiger partial charge in [-0.3, -0.25) is 4.90 Å². The van der Waals surface area contributed by atoms with Crippen molar-refractivity contribution in [1.29, 1.82) is 0 Å². The summed E-state index contributed by atoms with van der Waals surface area (Å²) in [4.78, 5) is 2.34. The third-order valence-electron chi connectivity index (χ3n) is 3.46. The topological polar surface area (TPSA) is 32.7 Å². The van der Waals surface area contributed by atoms with Crippen LogP contribution in [-0.4, -0.2) is 48.0 Å². The lowest BCUT2D eigenvalue weighted by atomic mass is 10.0. The zero-order valence-electron chi connectivity index (χ0n) is 10.4. The molecule has 90 valence electrons. The fourth-order valence-electron chi connectivity index (χ4n) is 1.92. The molecule has 1 fully saturated rings. The molecule has 4 unspecified atom stereocenters. The second kappa shape index (κ2) is 5.83. The molecule has 0 aromatic heterocycles. The summed E-state index contributed by atoms with van der Waals surface area (Å²) < 4.78 is 5.57. The molecule has 1 N–H and O–H groups in total. The highest BCUT2D eigenvalue weighted by molar-refractivity contribution is 4.78. The van der Waals surface area contributed by atoms with Crippen molar-refractivity contribution >= 4 is 0 Å². The average Bonchev–Trinajstić information content (AvgIpc) is 2.22. The molecule has 1 aliphatic heterocycles. The zero-order chi connectivity index (χ0) is 11.4. The lowest BCUT2D eigenvalue weighted by molar-refractivity contribution is -0.0666. The van der Waals surface area contributed by atoms with Crippen molar-refractivity contribution in [3.05, 3.63) is 0 Å². The number of β-amino-alcohol motifs (C(OH)–C–C–N with tert-alkyl or cyclic N) is 1. The van der Waals surface area contributed by atoms with Crippen LogP contribution in [0.2, 0.25) is 0 Å². The van der Waals surface area contributed by atoms with Gasteiger partial charge in [-0.15, -0.1) is 0 Å². The summed E-state index contributed by atoms with van der Waals surface area (Å²) in [6.45, 7) is 11.0. The summed E-state index contributed by atoms with van der Waals surface area (Å²) in [6, 6.07) is 0.430. The van der Waals surface area contributed by atoms with E-state index in [1.54, 1.807) is 0 Å². The molecule has 4 atom stereocenters. The molecule has 0 aromatic carbocycles. The molecule has 3 nitrogen and oxygen atoms in total. The Labute approximate surface area is 93.4 Å². The van der Waals surface area contributed by atoms with Crippen molar-refractivity contribution in [2.24, 2.45) is 5.92 Å². The standard InChI is InChI=1S/C12H25NO2/c1-5-9(2)12(14)7-13-6-11(4)15-8-10(13)3/h9-12,14H,5-8H2,1-4H3. The molecular weight excluding hydrogens is 190 g/mol. The molecule has 1 heterocycles. The minimum atomic E-state index is -0.206. The van der Waals surface area contributed by atoms with Gasteiger partial charge in [0.05, 0.1) is 18.8 Å². The Morgan fingerprint density at radius 1 is 1.47 bits per heavy atom. The largest absolute Gasteiger partial charge is 0.392 e. The number of hydrogen-bond acceptors (Lipinski definition) is 3. The van der Waals surface area contributed by atoms with E-state index in [9.17, 15) is 5.11 Å². The average molecular weight is 215 g/mol. The molecule has 1 rings (SSSR count). The Bertz CT molecular complexity index is 186. The summed E-state index contributed by atoms with van der Waals surface area (Å²) in [5.41, 5.74) is 0. The summed E-state index contributed by atoms with van der Waals surface area (Å²) >= 11 is 0. The Morgan fingerprint density at radius 2 is 2.13 bits per heavy atom. The van der Waals surface area contributed by atoms with Crippen molar-refractivity contribution in [3.63, 3.8) is 0 Å². The number of ether oxygens (including phenoxy) is 1. The van der Waals surface area contributed by atoms with Crippen LogP contribution in [0.25, 0.3) is 0 Å². The van der Waals surface area contributed by atoms with Crippen molar-refractivity contribution in [2.75, 3.05) is 19.7 Å². The van der Waals surface area contributed by atoms with E-state index in [-0.39, 0.29) is 6.10 Å². The Balaban J connectivity index is 2.41. The molecule has 0 radical (unpaired) electrons. The van der Waals surface area contributed by atoms with E-state index in [4.69, 9.17) is 4.74 Å². The third-order valence-corrected chi connectivity index (χ3v) is 3.46. The summed E-state index contributed by atoms with van der Waals surface area (Å²) in [6.07, 6.45) is 1.13. The van der Waals surface area contributed by atoms with E-state index in [2.05, 4.69) is 32.6 Å². The monoisotopic (exact) mass is 215 g/mol. The maximum absolute atomic E-state index is 9.99. The molecule has 0 aromatic rings. The number of hydrogen-bond donors (Lipinski definition) is 1. The lowest BCUT2D eigenvalue weighted by Crippen LogP contribution is -2.50. The van der Waals surface area contributed by atoms with E-state index in [1.165, 1.54) is 0 Å². The third kappa shape index (κ3) is 3.74. The van der Waals surface area contributed by atoms with Gasteiger partial charge in [0.2, 0.25) is 0 Å². The van der Waals surface area contributed by atoms with Gasteiger partial charge in [0.25, 0.3) is 0 Å². The first-order valence-corrected chi connectivity index (χ1v) is 6.08. The zero-order valence-corrected chi connectivity index (χ0v) is 10.4. The summed E-state index contributed by atoms with van der Waals surface area (Å²) in [5.74, 6) is 0.385. The molecular formula is C12H25NO2. The van der Waals surface area contributed by atoms with Crippen LogP contribution >= 0.6 is 0 Å². The van der Waals surface area contributed by atoms with Gasteiger partial charge in [-0.05, 0) is 19.8 Å². The highest BCUT2D eigenvalue weighted by Crippen LogP contribution is 2.15. The predicted molar refractivity (Wildman–Crippen MR) is 61.9 cm³/mol. The van der Waals surface area contributed by atoms with Gasteiger partial charge in [-0.25, -0.2) is 0 Å². The molecule has 15 heavy (non-hydrogen) atoms. The van der Waals surface area contributed by atoms with Gasteiger partial charge >= 0.3 is 0 Å². The molecule has 0 bridgehead atoms. The van der Waals surface area contributed by atoms with Crippen LogP contribution < -0.4 is 0 Å². The quantitative estimate of drug-likeness (QED) is 0.771. The molecule has 0 aliphatic carbocycles. The smallest absolute Gasteiger partial charge is 0.0692 e. The highest BCUT2D eigenvalue weighted by Gasteiger charge is 2.26. The first-order valence-electron chi connectivity index (χ1n) is 6.08. The van der Waals surface area contributed by atoms with Gasteiger partial charge in [0.15, 0.2) is 0 Å². The minimum Gasteiger partial charge on any atom is -0.392 e. The first-order chi connectivity index (χ1) is 7.04. The fourth-order valence-corrected chi connectivity index (χ4v) is 1.92. The Morgan fingerprint density at radius 3 is 2.73 bits per heavy atom. The maximum atomic E-state index is 9.99. The second-order valence-electron chi connectivity index (χ2n) is 4.90. The van der Waals surface area contributed by atoms with E-state index >= 15 is 0 Å². The summed E-state index contributed by atoms with van der Waals surface area (Å²) in [7, 11) is 0. The van der Waals surface area contributed by atoms with Crippen LogP contribution in [0.5, 0.6) is 0 Å². The van der Waals surface area contributed by atoms with Crippen molar-refractivity contribution in [3.8, 4) is 0 Å². The van der Waals surface area contributed by atoms with E-state index in [0.717, 1.165) is 26.1 Å². The Kier molecular flexibility index (Phi) is 5.03. The SMILES string of the molecule is CCC(C)C(O)CN1CC(C)OCC1C. The van der Waals surface area contributed by atoms with Crippen LogP contribution in [0, 0.1) is 5.92 Å². The van der Waals surface area contributed by atoms with Crippen molar-refractivity contribution in [1.82, 2.24) is 4.90 Å². The minimum absolute atomic E-state index is 0.206. The van der Waals surface area contributed by atoms with Gasteiger partial charge in [-0.1, -0.05) is 20.3 Å². The number of aliphatic hydroxyl groups is 1. The summed E-state index contributed by atoms with van der Waals surface area (Å²) in [5, 5.41) is 9.99. The van der Waals surface area contributed by atoms with Crippen LogP contribution in [-0.2, 0) is 4.74 Å². The predicted octanol–water partition coefficient (Wildman–Crippen LogP) is 1.50. The van der Waals surface area contributed by atoms with E-state index < -0.39 is 0 Å². The maximum Gasteiger partial charge on any atom is 0.0692 e. The van der Waals surface area contributed by atoms with E-state index in [1.807, 2.05) is 0 Å². The molecule has 1 aliphatic rings. The van der Waals surface area contributed by atoms with Crippen LogP contribution in [0.3, 0.4) is 0 Å². The fraction of sp³-hybridized carbons (Fsp3) is 1.00. The van der Waals surface area contributed by atoms with Crippen LogP contribution in [0.15, 0.2) is 0 Å². The molecule has 0 saturated carbocycles. The number of rotatable bonds is 4. The molecule has 0 spiro atoms. The van der Waals surface area contributed by atoms with E-state index in [0.29, 0.717) is 18.1 Å². The first kappa shape index (κ1) is 12.9. The van der Waals surface area contributed by atoms with Gasteiger partial charge in [0, 0.05) is 19.1 Å².